The number of benzene rings is 1. The number of carbonyl (C=O) groups excluding carboxylic acids is 5. The summed E-state index contributed by atoms with van der Waals surface area (Å²) in [4.78, 5) is 73.3. The average molecular weight is 922 g/mol. The van der Waals surface area contributed by atoms with E-state index in [0.29, 0.717) is 24.8 Å². The molecule has 0 saturated carbocycles. The van der Waals surface area contributed by atoms with Crippen molar-refractivity contribution in [3.8, 4) is 5.75 Å². The van der Waals surface area contributed by atoms with E-state index in [1.54, 1.807) is 58.1 Å². The van der Waals surface area contributed by atoms with Gasteiger partial charge in [0.25, 0.3) is 11.8 Å². The minimum absolute atomic E-state index is 0.139. The summed E-state index contributed by atoms with van der Waals surface area (Å²) in [5.74, 6) is -5.24. The molecule has 1 saturated heterocycles. The molecule has 0 aromatic heterocycles. The highest BCUT2D eigenvalue weighted by Crippen LogP contribution is 2.27. The van der Waals surface area contributed by atoms with Crippen LogP contribution in [0.2, 0.25) is 0 Å². The maximum Gasteiger partial charge on any atom is 0.325 e. The zero-order valence-corrected chi connectivity index (χ0v) is 36.5. The third-order valence-electron chi connectivity index (χ3n) is 10.3. The lowest BCUT2D eigenvalue weighted by Gasteiger charge is -2.36. The van der Waals surface area contributed by atoms with Gasteiger partial charge in [-0.25, -0.2) is 10.5 Å². The van der Waals surface area contributed by atoms with Gasteiger partial charge < -0.3 is 30.7 Å². The maximum absolute atomic E-state index is 14.3. The van der Waals surface area contributed by atoms with Crippen LogP contribution in [-0.4, -0.2) is 110 Å². The average Bonchev–Trinajstić information content (AvgIpc) is 3.19. The molecule has 3 unspecified atom stereocenters. The topological polar surface area (TPSA) is 207 Å². The van der Waals surface area contributed by atoms with Crippen LogP contribution in [0.1, 0.15) is 78.3 Å². The second kappa shape index (κ2) is 23.5. The number of hydrogen-bond acceptors (Lipinski definition) is 11. The highest BCUT2D eigenvalue weighted by atomic mass is 127. The Labute approximate surface area is 355 Å². The number of aliphatic hydroxyl groups excluding tert-OH is 2. The summed E-state index contributed by atoms with van der Waals surface area (Å²) in [5.41, 5.74) is 3.86. The molecule has 2 aliphatic heterocycles. The van der Waals surface area contributed by atoms with E-state index in [1.807, 2.05) is 6.92 Å². The van der Waals surface area contributed by atoms with Crippen LogP contribution in [0.15, 0.2) is 72.4 Å². The predicted molar refractivity (Wildman–Crippen MR) is 226 cm³/mol. The molecule has 2 heterocycles. The molecule has 4 amide bonds. The van der Waals surface area contributed by atoms with Crippen LogP contribution in [0.4, 0.5) is 0 Å². The van der Waals surface area contributed by atoms with E-state index in [4.69, 9.17) is 9.57 Å². The van der Waals surface area contributed by atoms with Gasteiger partial charge in [-0.15, -0.1) is 0 Å². The number of aliphatic hydroxyl groups is 2. The molecule has 16 heteroatoms. The molecule has 58 heavy (non-hydrogen) atoms. The van der Waals surface area contributed by atoms with Crippen LogP contribution in [0, 0.1) is 17.8 Å². The van der Waals surface area contributed by atoms with Gasteiger partial charge in [0, 0.05) is 35.9 Å². The number of hydroxylamine groups is 2. The number of likely N-dealkylation sites (N-methyl/N-ethyl adjacent to an activating group) is 1. The molecule has 2 aliphatic rings. The number of amides is 4. The fraction of sp³-hybridized carbons (Fsp3) is 0.548. The van der Waals surface area contributed by atoms with Gasteiger partial charge in [-0.05, 0) is 61.8 Å². The largest absolute Gasteiger partial charge is 0.508 e. The molecule has 1 fully saturated rings. The standard InChI is InChI=1S/C42H60IN5O10/c1-25(2)36-40(54)45-37(29-15-12-16-30(49)24-29)41(55)48-23-13-17-32(46-48)42(56)58-34(26(3)14-11-20-35(51)47(6)57-7)19-10-8-9-18-33(50)28(5)38(52)31(39(53)44-36)22-21-27(4)43/h8-12,14-16,18,20,24-25,27-28,31-34,36-38,46,49-50,52H,13,17,19,21-23H2,1-7H3,(H,44,53)(H,45,54)/b10-8+,18-9+,20-11+,26-14+/t27?,28-,31+,32?,33-,34-,36-,37?,38+/m0/s1. The Kier molecular flexibility index (Phi) is 19.5. The van der Waals surface area contributed by atoms with E-state index in [-0.39, 0.29) is 34.6 Å². The number of phenolic OH excluding ortho intramolecular Hbond substituents is 1. The van der Waals surface area contributed by atoms with Crippen LogP contribution in [-0.2, 0) is 33.5 Å². The predicted octanol–water partition coefficient (Wildman–Crippen LogP) is 3.71. The molecule has 3 rings (SSSR count). The quantitative estimate of drug-likeness (QED) is 0.0526. The van der Waals surface area contributed by atoms with Crippen LogP contribution < -0.4 is 16.1 Å². The Morgan fingerprint density at radius 1 is 1.12 bits per heavy atom. The number of phenols is 1. The molecular weight excluding hydrogens is 861 g/mol. The van der Waals surface area contributed by atoms with E-state index in [2.05, 4.69) is 38.7 Å². The number of alkyl halides is 1. The Morgan fingerprint density at radius 3 is 2.50 bits per heavy atom. The zero-order chi connectivity index (χ0) is 43.1. The fourth-order valence-corrected chi connectivity index (χ4v) is 6.85. The lowest BCUT2D eigenvalue weighted by molar-refractivity contribution is -0.162. The molecule has 0 radical (unpaired) electrons. The molecule has 1 aromatic carbocycles. The van der Waals surface area contributed by atoms with Crippen molar-refractivity contribution in [2.75, 3.05) is 20.7 Å². The Balaban J connectivity index is 2.09. The van der Waals surface area contributed by atoms with Gasteiger partial charge >= 0.3 is 5.97 Å². The van der Waals surface area contributed by atoms with Crippen molar-refractivity contribution in [2.24, 2.45) is 17.8 Å². The fourth-order valence-electron chi connectivity index (χ4n) is 6.49. The number of halogens is 1. The number of cyclic esters (lactones) is 1. The number of rotatable bonds is 9. The molecule has 0 aliphatic carbocycles. The number of ether oxygens (including phenoxy) is 1. The minimum atomic E-state index is -1.34. The highest BCUT2D eigenvalue weighted by molar-refractivity contribution is 14.1. The summed E-state index contributed by atoms with van der Waals surface area (Å²) in [6.07, 6.45) is 9.61. The number of fused-ring (bicyclic) bond motifs is 2. The number of nitrogens with one attached hydrogen (secondary N) is 3. The summed E-state index contributed by atoms with van der Waals surface area (Å²) in [6.45, 7) is 9.05. The second-order valence-corrected chi connectivity index (χ2v) is 17.3. The van der Waals surface area contributed by atoms with Gasteiger partial charge in [0.15, 0.2) is 0 Å². The number of carbonyl (C=O) groups is 5. The lowest BCUT2D eigenvalue weighted by atomic mass is 9.84. The van der Waals surface area contributed by atoms with E-state index in [1.165, 1.54) is 55.6 Å². The van der Waals surface area contributed by atoms with Gasteiger partial charge in [-0.3, -0.25) is 33.8 Å². The summed E-state index contributed by atoms with van der Waals surface area (Å²) >= 11 is 2.24. The first-order chi connectivity index (χ1) is 27.4. The number of hydrazine groups is 1. The Hall–Kier alpha value is -4.10. The van der Waals surface area contributed by atoms with E-state index < -0.39 is 83.8 Å². The first-order valence-corrected chi connectivity index (χ1v) is 20.9. The van der Waals surface area contributed by atoms with E-state index in [0.717, 1.165) is 5.06 Å². The van der Waals surface area contributed by atoms with E-state index in [9.17, 15) is 39.3 Å². The maximum atomic E-state index is 14.3. The van der Waals surface area contributed by atoms with Crippen molar-refractivity contribution >= 4 is 52.2 Å². The van der Waals surface area contributed by atoms with Crippen molar-refractivity contribution in [2.45, 2.75) is 107 Å². The number of hydrogen-bond donors (Lipinski definition) is 6. The van der Waals surface area contributed by atoms with E-state index >= 15 is 0 Å². The molecule has 2 bridgehead atoms. The molecule has 9 atom stereocenters. The first kappa shape index (κ1) is 48.3. The number of esters is 1. The summed E-state index contributed by atoms with van der Waals surface area (Å²) in [7, 11) is 2.83. The van der Waals surface area contributed by atoms with Crippen LogP contribution in [0.3, 0.4) is 0 Å². The third kappa shape index (κ3) is 14.3. The van der Waals surface area contributed by atoms with Gasteiger partial charge in [0.2, 0.25) is 11.8 Å². The highest BCUT2D eigenvalue weighted by Gasteiger charge is 2.39. The number of aromatic hydroxyl groups is 1. The molecule has 0 spiro atoms. The van der Waals surface area contributed by atoms with Crippen molar-refractivity contribution in [1.82, 2.24) is 26.1 Å². The van der Waals surface area contributed by atoms with Gasteiger partial charge in [-0.1, -0.05) is 98.9 Å². The lowest BCUT2D eigenvalue weighted by Crippen LogP contribution is -2.59. The van der Waals surface area contributed by atoms with Crippen molar-refractivity contribution in [1.29, 1.82) is 0 Å². The van der Waals surface area contributed by atoms with Crippen molar-refractivity contribution < 1.29 is 48.9 Å². The van der Waals surface area contributed by atoms with Gasteiger partial charge in [-0.2, -0.15) is 0 Å². The summed E-state index contributed by atoms with van der Waals surface area (Å²) in [5, 5.41) is 40.9. The molecule has 1 aromatic rings. The minimum Gasteiger partial charge on any atom is -0.508 e. The van der Waals surface area contributed by atoms with Gasteiger partial charge in [0.05, 0.1) is 25.2 Å². The Morgan fingerprint density at radius 2 is 1.84 bits per heavy atom. The molecular formula is C42H60IN5O10. The monoisotopic (exact) mass is 921 g/mol. The first-order valence-electron chi connectivity index (χ1n) is 19.6. The zero-order valence-electron chi connectivity index (χ0n) is 34.3. The second-order valence-electron chi connectivity index (χ2n) is 15.1. The summed E-state index contributed by atoms with van der Waals surface area (Å²) in [6, 6.07) is 2.49. The normalized spacial score (nSPS) is 29.1. The molecule has 6 N–H and O–H groups in total. The summed E-state index contributed by atoms with van der Waals surface area (Å²) < 4.78 is 6.18. The molecule has 320 valence electrons. The van der Waals surface area contributed by atoms with Crippen molar-refractivity contribution in [3.63, 3.8) is 0 Å². The van der Waals surface area contributed by atoms with Crippen LogP contribution >= 0.6 is 22.6 Å². The Bertz CT molecular complexity index is 1700. The number of allylic oxidation sites excluding steroid dienone is 4. The van der Waals surface area contributed by atoms with Crippen LogP contribution in [0.5, 0.6) is 5.75 Å². The van der Waals surface area contributed by atoms with Gasteiger partial charge in [0.1, 0.15) is 30.0 Å². The number of nitrogens with zero attached hydrogens (tertiary/aromatic N) is 2. The van der Waals surface area contributed by atoms with Crippen LogP contribution in [0.25, 0.3) is 0 Å². The molecule has 15 nitrogen and oxygen atoms in total. The third-order valence-corrected chi connectivity index (χ3v) is 10.9. The van der Waals surface area contributed by atoms with Crippen molar-refractivity contribution in [3.05, 3.63) is 77.9 Å². The smallest absolute Gasteiger partial charge is 0.325 e. The SMILES string of the molecule is CON(C)C(=O)/C=C/C=C(\C)[C@@H]1C/C=C/C=C/[C@H](O)[C@H](C)[C@@H](O)[C@@H](CCC(C)I)C(=O)N[C@@H](C(C)C)C(=O)NC(c2cccc(O)c2)C(=O)N2CCCC(N2)C(=O)O1.